The van der Waals surface area contributed by atoms with Crippen molar-refractivity contribution in [3.8, 4) is 17.3 Å². The fraction of sp³-hybridized carbons (Fsp3) is 0.246. The largest absolute Gasteiger partial charge is 0.457 e. The molecule has 0 fully saturated rings. The molecule has 0 amide bonds. The van der Waals surface area contributed by atoms with E-state index in [-0.39, 0.29) is 16.2 Å². The average Bonchev–Trinajstić information content (AvgIpc) is 4.01. The lowest BCUT2D eigenvalue weighted by atomic mass is 9.78. The Morgan fingerprint density at radius 3 is 2.00 bits per heavy atom. The van der Waals surface area contributed by atoms with Gasteiger partial charge in [-0.15, -0.1) is 22.7 Å². The van der Waals surface area contributed by atoms with E-state index >= 15 is 0 Å². The number of aromatic nitrogens is 2. The number of hydrogen-bond donors (Lipinski definition) is 0. The summed E-state index contributed by atoms with van der Waals surface area (Å²) in [6, 6.07) is 46.6. The smallest absolute Gasteiger partial charge is 0.137 e. The van der Waals surface area contributed by atoms with Gasteiger partial charge in [-0.3, -0.25) is 4.57 Å². The number of ether oxygens (including phenoxy) is 1. The highest BCUT2D eigenvalue weighted by molar-refractivity contribution is 7.26. The van der Waals surface area contributed by atoms with E-state index in [0.29, 0.717) is 6.67 Å². The van der Waals surface area contributed by atoms with Crippen molar-refractivity contribution in [1.82, 2.24) is 9.55 Å². The maximum Gasteiger partial charge on any atom is 0.137 e. The number of aryl methyl sites for hydroxylation is 1. The summed E-state index contributed by atoms with van der Waals surface area (Å²) in [5.41, 5.74) is 11.2. The van der Waals surface area contributed by atoms with Crippen molar-refractivity contribution in [1.29, 1.82) is 0 Å². The van der Waals surface area contributed by atoms with Gasteiger partial charge in [0.25, 0.3) is 0 Å². The van der Waals surface area contributed by atoms with E-state index in [1.165, 1.54) is 85.2 Å². The van der Waals surface area contributed by atoms with Gasteiger partial charge in [-0.2, -0.15) is 0 Å². The quantitative estimate of drug-likeness (QED) is 0.172. The third kappa shape index (κ3) is 6.58. The predicted octanol–water partition coefficient (Wildman–Crippen LogP) is 17.0. The molecule has 10 aromatic rings. The monoisotopic (exact) mass is 874 g/mol. The lowest BCUT2D eigenvalue weighted by molar-refractivity contribution is 0.483. The van der Waals surface area contributed by atoms with Gasteiger partial charge in [-0.1, -0.05) is 123 Å². The van der Waals surface area contributed by atoms with Crippen LogP contribution < -0.4 is 14.5 Å². The Kier molecular flexibility index (Phi) is 9.16. The van der Waals surface area contributed by atoms with Crippen molar-refractivity contribution in [2.45, 2.75) is 85.5 Å². The predicted molar refractivity (Wildman–Crippen MR) is 276 cm³/mol. The number of hydrogen-bond acceptors (Lipinski definition) is 6. The molecule has 11 rings (SSSR count). The molecular formula is C57H54N4OS2. The minimum absolute atomic E-state index is 0.0345. The number of nitrogens with zero attached hydrogens (tertiary/aromatic N) is 4. The summed E-state index contributed by atoms with van der Waals surface area (Å²) in [7, 11) is 0. The van der Waals surface area contributed by atoms with Crippen LogP contribution in [0.1, 0.15) is 84.6 Å². The van der Waals surface area contributed by atoms with E-state index in [2.05, 4.69) is 211 Å². The molecule has 1 aliphatic heterocycles. The Morgan fingerprint density at radius 2 is 1.25 bits per heavy atom. The Morgan fingerprint density at radius 1 is 0.547 bits per heavy atom. The molecule has 1 aliphatic rings. The lowest BCUT2D eigenvalue weighted by Crippen LogP contribution is -2.28. The van der Waals surface area contributed by atoms with E-state index in [4.69, 9.17) is 9.72 Å². The normalized spacial score (nSPS) is 13.7. The third-order valence-electron chi connectivity index (χ3n) is 13.0. The molecule has 0 aliphatic carbocycles. The zero-order valence-corrected chi connectivity index (χ0v) is 40.1. The van der Waals surface area contributed by atoms with Crippen LogP contribution in [0.4, 0.5) is 22.1 Å². The minimum Gasteiger partial charge on any atom is -0.457 e. The van der Waals surface area contributed by atoms with Gasteiger partial charge in [0.15, 0.2) is 0 Å². The molecular weight excluding hydrogens is 821 g/mol. The summed E-state index contributed by atoms with van der Waals surface area (Å²) in [5, 5.41) is 7.46. The fourth-order valence-electron chi connectivity index (χ4n) is 9.72. The first kappa shape index (κ1) is 40.6. The van der Waals surface area contributed by atoms with Crippen molar-refractivity contribution in [3.05, 3.63) is 156 Å². The first-order valence-corrected chi connectivity index (χ1v) is 24.0. The van der Waals surface area contributed by atoms with Crippen LogP contribution in [0.3, 0.4) is 0 Å². The number of pyridine rings is 1. The van der Waals surface area contributed by atoms with Crippen LogP contribution in [0.5, 0.6) is 11.5 Å². The van der Waals surface area contributed by atoms with Crippen molar-refractivity contribution < 1.29 is 4.74 Å². The number of anilines is 4. The molecule has 0 bridgehead atoms. The molecule has 0 radical (unpaired) electrons. The van der Waals surface area contributed by atoms with Gasteiger partial charge in [0.05, 0.1) is 22.4 Å². The van der Waals surface area contributed by atoms with Crippen LogP contribution in [0.2, 0.25) is 0 Å². The molecule has 0 spiro atoms. The number of rotatable bonds is 5. The van der Waals surface area contributed by atoms with E-state index in [1.807, 2.05) is 28.9 Å². The van der Waals surface area contributed by atoms with E-state index in [0.717, 1.165) is 28.5 Å². The maximum absolute atomic E-state index is 6.92. The van der Waals surface area contributed by atoms with Gasteiger partial charge in [0, 0.05) is 65.0 Å². The first-order valence-electron chi connectivity index (χ1n) is 22.4. The minimum atomic E-state index is -0.0544. The van der Waals surface area contributed by atoms with Crippen LogP contribution in [0, 0.1) is 6.92 Å². The molecule has 64 heavy (non-hydrogen) atoms. The lowest BCUT2D eigenvalue weighted by Gasteiger charge is -2.33. The van der Waals surface area contributed by atoms with E-state index in [9.17, 15) is 0 Å². The summed E-state index contributed by atoms with van der Waals surface area (Å²) in [4.78, 5) is 10.1. The number of fused-ring (bicyclic) bond motifs is 10. The second kappa shape index (κ2) is 14.4. The van der Waals surface area contributed by atoms with Gasteiger partial charge in [0.1, 0.15) is 29.0 Å². The molecule has 0 atom stereocenters. The van der Waals surface area contributed by atoms with Crippen LogP contribution in [-0.4, -0.2) is 16.2 Å². The highest BCUT2D eigenvalue weighted by Crippen LogP contribution is 2.56. The Balaban J connectivity index is 1.03. The zero-order valence-electron chi connectivity index (χ0n) is 38.4. The number of benzene rings is 6. The SMILES string of the molecule is Cc1cc(C(C)(C)C)cc(C(C)(C)C)c1N1CN(c2cccc(Oc3ccc4c5ccc6sc7ccccc7c6c5n(-c5cc(C(C)(C)C)ccn5)c4c3)c2)c2c1sc1ccccc21. The van der Waals surface area contributed by atoms with E-state index in [1.54, 1.807) is 0 Å². The van der Waals surface area contributed by atoms with Crippen LogP contribution >= 0.6 is 22.7 Å². The Hall–Kier alpha value is -6.15. The molecule has 5 heterocycles. The molecule has 0 saturated heterocycles. The molecule has 320 valence electrons. The van der Waals surface area contributed by atoms with Gasteiger partial charge in [-0.25, -0.2) is 4.98 Å². The van der Waals surface area contributed by atoms with Gasteiger partial charge >= 0.3 is 0 Å². The fourth-order valence-corrected chi connectivity index (χ4v) is 12.0. The highest BCUT2D eigenvalue weighted by atomic mass is 32.1. The molecule has 0 N–H and O–H groups in total. The highest BCUT2D eigenvalue weighted by Gasteiger charge is 2.36. The summed E-state index contributed by atoms with van der Waals surface area (Å²) < 4.78 is 13.1. The molecule has 7 heteroatoms. The van der Waals surface area contributed by atoms with Crippen molar-refractivity contribution in [2.75, 3.05) is 16.5 Å². The van der Waals surface area contributed by atoms with Gasteiger partial charge < -0.3 is 14.5 Å². The Labute approximate surface area is 384 Å². The van der Waals surface area contributed by atoms with Crippen molar-refractivity contribution in [2.24, 2.45) is 0 Å². The molecule has 0 saturated carbocycles. The van der Waals surface area contributed by atoms with Crippen molar-refractivity contribution in [3.63, 3.8) is 0 Å². The van der Waals surface area contributed by atoms with Crippen molar-refractivity contribution >= 4 is 96.8 Å². The second-order valence-corrected chi connectivity index (χ2v) is 22.8. The topological polar surface area (TPSA) is 33.5 Å². The summed E-state index contributed by atoms with van der Waals surface area (Å²) in [5.74, 6) is 2.48. The molecule has 4 aromatic heterocycles. The number of thiophene rings is 2. The second-order valence-electron chi connectivity index (χ2n) is 20.6. The van der Waals surface area contributed by atoms with Gasteiger partial charge in [0.2, 0.25) is 0 Å². The summed E-state index contributed by atoms with van der Waals surface area (Å²) in [6.45, 7) is 23.8. The maximum atomic E-state index is 6.92. The molecule has 6 aromatic carbocycles. The van der Waals surface area contributed by atoms with Crippen LogP contribution in [-0.2, 0) is 16.2 Å². The third-order valence-corrected chi connectivity index (χ3v) is 15.4. The summed E-state index contributed by atoms with van der Waals surface area (Å²) in [6.07, 6.45) is 1.96. The zero-order chi connectivity index (χ0) is 44.4. The Bertz CT molecular complexity index is 3490. The summed E-state index contributed by atoms with van der Waals surface area (Å²) >= 11 is 3.73. The average molecular weight is 875 g/mol. The standard InChI is InChI=1S/C57H54N4OS2/c1-34-28-36(56(5,6)7)29-44(57(8,9)10)51(34)60-33-59(53-43-19-12-14-21-47(43)64-54(53)60)37-16-15-17-38(31-37)62-39-22-23-40-41-24-25-48-50(42-18-11-13-20-46(42)63-48)52(41)61(45(40)32-39)49-30-35(26-27-58-49)55(2,3)4/h11-32H,33H2,1-10H3. The molecule has 0 unspecified atom stereocenters. The van der Waals surface area contributed by atoms with Crippen LogP contribution in [0.25, 0.3) is 57.9 Å². The van der Waals surface area contributed by atoms with E-state index < -0.39 is 0 Å². The first-order chi connectivity index (χ1) is 30.5. The molecule has 5 nitrogen and oxygen atoms in total. The van der Waals surface area contributed by atoms with Gasteiger partial charge in [-0.05, 0) is 100 Å². The van der Waals surface area contributed by atoms with Crippen LogP contribution in [0.15, 0.2) is 134 Å².